The van der Waals surface area contributed by atoms with Crippen molar-refractivity contribution >= 4 is 5.82 Å². The van der Waals surface area contributed by atoms with Crippen LogP contribution in [0.15, 0.2) is 6.20 Å². The van der Waals surface area contributed by atoms with E-state index in [9.17, 15) is 0 Å². The van der Waals surface area contributed by atoms with Crippen LogP contribution < -0.4 is 5.73 Å². The Morgan fingerprint density at radius 3 is 3.25 bits per heavy atom. The highest BCUT2D eigenvalue weighted by atomic mass is 15.2. The first-order chi connectivity index (χ1) is 5.86. The largest absolute Gasteiger partial charge is 0.382 e. The van der Waals surface area contributed by atoms with Gasteiger partial charge in [-0.2, -0.15) is 10.2 Å². The van der Waals surface area contributed by atoms with Crippen molar-refractivity contribution in [3.8, 4) is 11.3 Å². The van der Waals surface area contributed by atoms with Gasteiger partial charge in [-0.1, -0.05) is 0 Å². The van der Waals surface area contributed by atoms with Crippen LogP contribution in [0.25, 0.3) is 11.3 Å². The van der Waals surface area contributed by atoms with Gasteiger partial charge in [-0.05, 0) is 0 Å². The first-order valence-corrected chi connectivity index (χ1v) is 3.71. The maximum Gasteiger partial charge on any atom is 0.149 e. The molecule has 2 aromatic heterocycles. The molecule has 2 aromatic rings. The van der Waals surface area contributed by atoms with E-state index >= 15 is 0 Å². The average molecular weight is 161 g/mol. The monoisotopic (exact) mass is 161 g/mol. The molecule has 5 nitrogen and oxygen atoms in total. The predicted octanol–water partition coefficient (Wildman–Crippen LogP) is 0.286. The van der Waals surface area contributed by atoms with E-state index in [-0.39, 0.29) is 0 Å². The Hall–Kier alpha value is -1.78. The number of nitrogens with two attached hydrogens (primary N) is 1. The van der Waals surface area contributed by atoms with Gasteiger partial charge in [-0.3, -0.25) is 10.2 Å². The highest BCUT2D eigenvalue weighted by molar-refractivity contribution is 5.75. The third-order valence-electron chi connectivity index (χ3n) is 2.24. The summed E-state index contributed by atoms with van der Waals surface area (Å²) in [5, 5.41) is 13.7. The number of H-pyrrole nitrogens is 2. The average Bonchev–Trinajstić information content (AvgIpc) is 2.63. The molecule has 0 radical (unpaired) electrons. The van der Waals surface area contributed by atoms with Crippen molar-refractivity contribution in [1.82, 2.24) is 20.4 Å². The van der Waals surface area contributed by atoms with E-state index in [1.165, 1.54) is 0 Å². The van der Waals surface area contributed by atoms with Crippen molar-refractivity contribution in [2.45, 2.75) is 6.42 Å². The van der Waals surface area contributed by atoms with Gasteiger partial charge in [-0.25, -0.2) is 0 Å². The van der Waals surface area contributed by atoms with Gasteiger partial charge in [0.2, 0.25) is 0 Å². The lowest BCUT2D eigenvalue weighted by Crippen LogP contribution is -1.91. The molecule has 0 saturated heterocycles. The highest BCUT2D eigenvalue weighted by Crippen LogP contribution is 2.35. The van der Waals surface area contributed by atoms with E-state index in [1.807, 2.05) is 0 Å². The van der Waals surface area contributed by atoms with Gasteiger partial charge < -0.3 is 5.73 Å². The Labute approximate surface area is 68.0 Å². The fourth-order valence-electron chi connectivity index (χ4n) is 1.62. The molecule has 0 saturated carbocycles. The first kappa shape index (κ1) is 5.82. The molecule has 3 rings (SSSR count). The molecule has 0 unspecified atom stereocenters. The van der Waals surface area contributed by atoms with E-state index < -0.39 is 0 Å². The molecule has 0 aliphatic heterocycles. The molecular formula is C7H7N5. The van der Waals surface area contributed by atoms with Gasteiger partial charge >= 0.3 is 0 Å². The maximum atomic E-state index is 5.65. The molecule has 1 aliphatic rings. The number of hydrogen-bond acceptors (Lipinski definition) is 3. The summed E-state index contributed by atoms with van der Waals surface area (Å²) in [7, 11) is 0. The summed E-state index contributed by atoms with van der Waals surface area (Å²) >= 11 is 0. The van der Waals surface area contributed by atoms with Gasteiger partial charge in [0.05, 0.1) is 11.9 Å². The van der Waals surface area contributed by atoms with E-state index in [4.69, 9.17) is 5.73 Å². The van der Waals surface area contributed by atoms with Gasteiger partial charge in [0, 0.05) is 23.2 Å². The van der Waals surface area contributed by atoms with Gasteiger partial charge in [0.15, 0.2) is 0 Å². The van der Waals surface area contributed by atoms with Crippen LogP contribution in [0.4, 0.5) is 5.82 Å². The third-order valence-corrected chi connectivity index (χ3v) is 2.24. The molecule has 0 bridgehead atoms. The molecule has 0 atom stereocenters. The van der Waals surface area contributed by atoms with E-state index in [0.29, 0.717) is 5.82 Å². The zero-order valence-electron chi connectivity index (χ0n) is 6.26. The lowest BCUT2D eigenvalue weighted by molar-refractivity contribution is 1.01. The Morgan fingerprint density at radius 1 is 1.42 bits per heavy atom. The van der Waals surface area contributed by atoms with Crippen molar-refractivity contribution < 1.29 is 0 Å². The van der Waals surface area contributed by atoms with E-state index in [2.05, 4.69) is 20.4 Å². The molecule has 60 valence electrons. The molecule has 0 aromatic carbocycles. The van der Waals surface area contributed by atoms with E-state index in [0.717, 1.165) is 28.9 Å². The number of anilines is 1. The van der Waals surface area contributed by atoms with Crippen molar-refractivity contribution in [1.29, 1.82) is 0 Å². The second-order valence-electron chi connectivity index (χ2n) is 2.90. The lowest BCUT2D eigenvalue weighted by Gasteiger charge is -1.88. The van der Waals surface area contributed by atoms with Crippen LogP contribution in [0, 0.1) is 0 Å². The van der Waals surface area contributed by atoms with Crippen molar-refractivity contribution in [3.05, 3.63) is 17.5 Å². The Bertz CT molecular complexity index is 438. The molecular weight excluding hydrogens is 154 g/mol. The quantitative estimate of drug-likeness (QED) is 0.443. The Morgan fingerprint density at radius 2 is 2.33 bits per heavy atom. The van der Waals surface area contributed by atoms with Crippen molar-refractivity contribution in [3.63, 3.8) is 0 Å². The molecule has 2 heterocycles. The lowest BCUT2D eigenvalue weighted by atomic mass is 10.2. The fraction of sp³-hybridized carbons (Fsp3) is 0.143. The fourth-order valence-corrected chi connectivity index (χ4v) is 1.62. The van der Waals surface area contributed by atoms with Crippen LogP contribution in [0.3, 0.4) is 0 Å². The minimum atomic E-state index is 0.592. The zero-order chi connectivity index (χ0) is 8.13. The number of fused-ring (bicyclic) bond motifs is 3. The number of rotatable bonds is 0. The van der Waals surface area contributed by atoms with Crippen LogP contribution in [-0.2, 0) is 6.42 Å². The molecule has 0 spiro atoms. The number of nitrogens with zero attached hydrogens (tertiary/aromatic N) is 2. The topological polar surface area (TPSA) is 83.4 Å². The molecule has 0 fully saturated rings. The molecule has 4 N–H and O–H groups in total. The van der Waals surface area contributed by atoms with Crippen LogP contribution in [0.5, 0.6) is 0 Å². The van der Waals surface area contributed by atoms with Crippen LogP contribution in [0.2, 0.25) is 0 Å². The smallest absolute Gasteiger partial charge is 0.149 e. The molecule has 12 heavy (non-hydrogen) atoms. The number of nitrogen functional groups attached to an aromatic ring is 1. The SMILES string of the molecule is Nc1n[nH]c2c1Cc1[nH]ncc1-2. The summed E-state index contributed by atoms with van der Waals surface area (Å²) in [6.45, 7) is 0. The third kappa shape index (κ3) is 0.502. The van der Waals surface area contributed by atoms with Crippen molar-refractivity contribution in [2.24, 2.45) is 0 Å². The standard InChI is InChI=1S/C7H7N5/c8-7-3-1-5-4(2-9-10-5)6(3)11-12-7/h2H,1H2,(H,9,10)(H3,8,11,12). The maximum absolute atomic E-state index is 5.65. The van der Waals surface area contributed by atoms with Crippen LogP contribution in [0.1, 0.15) is 11.3 Å². The Balaban J connectivity index is 2.34. The second-order valence-corrected chi connectivity index (χ2v) is 2.90. The highest BCUT2D eigenvalue weighted by Gasteiger charge is 2.24. The number of aromatic nitrogens is 4. The summed E-state index contributed by atoms with van der Waals surface area (Å²) in [6, 6.07) is 0. The van der Waals surface area contributed by atoms with E-state index in [1.54, 1.807) is 6.20 Å². The van der Waals surface area contributed by atoms with Crippen LogP contribution in [-0.4, -0.2) is 20.4 Å². The number of nitrogens with one attached hydrogen (secondary N) is 2. The van der Waals surface area contributed by atoms with Crippen molar-refractivity contribution in [2.75, 3.05) is 5.73 Å². The molecule has 1 aliphatic carbocycles. The second kappa shape index (κ2) is 1.69. The Kier molecular flexibility index (Phi) is 0.818. The normalized spacial score (nSPS) is 13.0. The van der Waals surface area contributed by atoms with Gasteiger partial charge in [0.1, 0.15) is 5.82 Å². The minimum absolute atomic E-state index is 0.592. The summed E-state index contributed by atoms with van der Waals surface area (Å²) in [5.41, 5.74) is 9.95. The van der Waals surface area contributed by atoms with Gasteiger partial charge in [0.25, 0.3) is 0 Å². The number of hydrogen-bond donors (Lipinski definition) is 3. The predicted molar refractivity (Wildman–Crippen MR) is 43.4 cm³/mol. The minimum Gasteiger partial charge on any atom is -0.382 e. The molecule has 5 heteroatoms. The molecule has 0 amide bonds. The van der Waals surface area contributed by atoms with Crippen LogP contribution >= 0.6 is 0 Å². The summed E-state index contributed by atoms with van der Waals surface area (Å²) < 4.78 is 0. The number of aromatic amines is 2. The summed E-state index contributed by atoms with van der Waals surface area (Å²) in [5.74, 6) is 0.592. The van der Waals surface area contributed by atoms with Gasteiger partial charge in [-0.15, -0.1) is 0 Å². The first-order valence-electron chi connectivity index (χ1n) is 3.71. The zero-order valence-corrected chi connectivity index (χ0v) is 6.26. The summed E-state index contributed by atoms with van der Waals surface area (Å²) in [4.78, 5) is 0. The summed E-state index contributed by atoms with van der Waals surface area (Å²) in [6.07, 6.45) is 2.60.